The van der Waals surface area contributed by atoms with Crippen LogP contribution < -0.4 is 0 Å². The Morgan fingerprint density at radius 2 is 2.31 bits per heavy atom. The van der Waals surface area contributed by atoms with Crippen molar-refractivity contribution in [2.45, 2.75) is 0 Å². The molecule has 0 aromatic heterocycles. The molecule has 1 aromatic carbocycles. The smallest absolute Gasteiger partial charge is 0.310 e. The van der Waals surface area contributed by atoms with Gasteiger partial charge >= 0.3 is 5.69 Å². The van der Waals surface area contributed by atoms with Crippen LogP contribution in [-0.4, -0.2) is 10.0 Å². The van der Waals surface area contributed by atoms with Crippen LogP contribution in [-0.2, 0) is 0 Å². The Hall–Kier alpha value is -2.79. The van der Waals surface area contributed by atoms with E-state index in [1.807, 2.05) is 0 Å². The van der Waals surface area contributed by atoms with Crippen molar-refractivity contribution in [2.24, 2.45) is 0 Å². The van der Waals surface area contributed by atoms with E-state index in [0.29, 0.717) is 5.56 Å². The van der Waals surface area contributed by atoms with E-state index in [1.165, 1.54) is 18.2 Å². The molecule has 0 saturated heterocycles. The van der Waals surface area contributed by atoms with Crippen molar-refractivity contribution in [1.29, 1.82) is 5.26 Å². The minimum atomic E-state index is -0.699. The molecule has 0 aliphatic carbocycles. The molecule has 0 aliphatic rings. The molecule has 0 heterocycles. The number of nitrogens with zero attached hydrogens (tertiary/aromatic N) is 2. The number of allylic oxidation sites excluding steroid dienone is 1. The molecule has 1 rings (SSSR count). The van der Waals surface area contributed by atoms with Crippen molar-refractivity contribution in [3.63, 3.8) is 0 Å². The second-order valence-corrected chi connectivity index (χ2v) is 2.82. The minimum absolute atomic E-state index is 0.0771. The van der Waals surface area contributed by atoms with Crippen molar-refractivity contribution in [3.05, 3.63) is 39.4 Å². The molecule has 0 atom stereocenters. The molecule has 0 fully saturated rings. The lowest BCUT2D eigenvalue weighted by atomic mass is 10.1. The number of phenolic OH excluding ortho intramolecular Hbond substituents is 1. The first kappa shape index (κ1) is 11.3. The van der Waals surface area contributed by atoms with Gasteiger partial charge in [0.15, 0.2) is 5.75 Å². The summed E-state index contributed by atoms with van der Waals surface area (Å²) in [5, 5.41) is 28.3. The molecule has 1 aromatic rings. The summed E-state index contributed by atoms with van der Waals surface area (Å²) in [4.78, 5) is 9.71. The van der Waals surface area contributed by atoms with E-state index in [-0.39, 0.29) is 5.57 Å². The summed E-state index contributed by atoms with van der Waals surface area (Å²) in [6, 6.07) is 5.48. The average molecular weight is 214 g/mol. The van der Waals surface area contributed by atoms with E-state index in [4.69, 9.17) is 11.7 Å². The quantitative estimate of drug-likeness (QED) is 0.352. The summed E-state index contributed by atoms with van der Waals surface area (Å²) in [5.74, 6) is 1.68. The van der Waals surface area contributed by atoms with Crippen LogP contribution in [0, 0.1) is 33.8 Å². The van der Waals surface area contributed by atoms with E-state index in [9.17, 15) is 15.2 Å². The maximum atomic E-state index is 10.4. The summed E-state index contributed by atoms with van der Waals surface area (Å²) >= 11 is 0. The van der Waals surface area contributed by atoms with E-state index < -0.39 is 16.4 Å². The SMILES string of the molecule is C#C/C(C#N)=C/c1ccc([N+](=O)[O-])c(O)c1. The highest BCUT2D eigenvalue weighted by molar-refractivity contribution is 5.65. The molecule has 0 bridgehead atoms. The van der Waals surface area contributed by atoms with Crippen LogP contribution in [0.3, 0.4) is 0 Å². The van der Waals surface area contributed by atoms with Gasteiger partial charge in [-0.1, -0.05) is 5.92 Å². The molecule has 0 aliphatic heterocycles. The van der Waals surface area contributed by atoms with Gasteiger partial charge in [-0.25, -0.2) is 0 Å². The Morgan fingerprint density at radius 3 is 2.75 bits per heavy atom. The number of aromatic hydroxyl groups is 1. The molecule has 0 unspecified atom stereocenters. The van der Waals surface area contributed by atoms with Crippen molar-refractivity contribution in [2.75, 3.05) is 0 Å². The van der Waals surface area contributed by atoms with Gasteiger partial charge in [0.05, 0.1) is 4.92 Å². The zero-order valence-corrected chi connectivity index (χ0v) is 8.04. The Balaban J connectivity index is 3.19. The zero-order valence-electron chi connectivity index (χ0n) is 8.04. The fourth-order valence-electron chi connectivity index (χ4n) is 1.06. The topological polar surface area (TPSA) is 87.2 Å². The van der Waals surface area contributed by atoms with Crippen LogP contribution >= 0.6 is 0 Å². The van der Waals surface area contributed by atoms with E-state index >= 15 is 0 Å². The maximum absolute atomic E-state index is 10.4. The monoisotopic (exact) mass is 214 g/mol. The Kier molecular flexibility index (Phi) is 3.26. The van der Waals surface area contributed by atoms with Crippen LogP contribution in [0.2, 0.25) is 0 Å². The van der Waals surface area contributed by atoms with E-state index in [0.717, 1.165) is 6.07 Å². The number of hydrogen-bond acceptors (Lipinski definition) is 4. The van der Waals surface area contributed by atoms with Crippen LogP contribution in [0.1, 0.15) is 5.56 Å². The third kappa shape index (κ3) is 2.37. The largest absolute Gasteiger partial charge is 0.502 e. The number of phenols is 1. The number of nitriles is 1. The van der Waals surface area contributed by atoms with Gasteiger partial charge in [0, 0.05) is 6.07 Å². The molecule has 0 amide bonds. The van der Waals surface area contributed by atoms with Crippen LogP contribution in [0.15, 0.2) is 23.8 Å². The minimum Gasteiger partial charge on any atom is -0.502 e. The van der Waals surface area contributed by atoms with Gasteiger partial charge in [0.1, 0.15) is 11.6 Å². The normalized spacial score (nSPS) is 10.2. The van der Waals surface area contributed by atoms with Crippen LogP contribution in [0.25, 0.3) is 6.08 Å². The predicted octanol–water partition coefficient (Wildman–Crippen LogP) is 1.84. The van der Waals surface area contributed by atoms with Gasteiger partial charge in [-0.3, -0.25) is 10.1 Å². The number of nitro benzene ring substituents is 1. The first-order chi connectivity index (χ1) is 7.58. The Labute approximate surface area is 91.4 Å². The molecular weight excluding hydrogens is 208 g/mol. The molecule has 78 valence electrons. The van der Waals surface area contributed by atoms with Gasteiger partial charge in [0.25, 0.3) is 0 Å². The highest BCUT2D eigenvalue weighted by Gasteiger charge is 2.12. The van der Waals surface area contributed by atoms with E-state index in [1.54, 1.807) is 6.07 Å². The Bertz CT molecular complexity index is 531. The predicted molar refractivity (Wildman–Crippen MR) is 57.2 cm³/mol. The molecule has 1 N–H and O–H groups in total. The molecular formula is C11H6N2O3. The molecule has 0 saturated carbocycles. The molecule has 5 heteroatoms. The lowest BCUT2D eigenvalue weighted by Crippen LogP contribution is -1.88. The van der Waals surface area contributed by atoms with Crippen molar-refractivity contribution in [1.82, 2.24) is 0 Å². The summed E-state index contributed by atoms with van der Waals surface area (Å²) in [7, 11) is 0. The van der Waals surface area contributed by atoms with E-state index in [2.05, 4.69) is 5.92 Å². The highest BCUT2D eigenvalue weighted by Crippen LogP contribution is 2.26. The highest BCUT2D eigenvalue weighted by atomic mass is 16.6. The van der Waals surface area contributed by atoms with Crippen LogP contribution in [0.4, 0.5) is 5.69 Å². The summed E-state index contributed by atoms with van der Waals surface area (Å²) in [5.41, 5.74) is 0.113. The lowest BCUT2D eigenvalue weighted by molar-refractivity contribution is -0.385. The number of benzene rings is 1. The fourth-order valence-corrected chi connectivity index (χ4v) is 1.06. The van der Waals surface area contributed by atoms with Crippen LogP contribution in [0.5, 0.6) is 5.75 Å². The second-order valence-electron chi connectivity index (χ2n) is 2.82. The van der Waals surface area contributed by atoms with Crippen molar-refractivity contribution in [3.8, 4) is 24.2 Å². The molecule has 5 nitrogen and oxygen atoms in total. The standard InChI is InChI=1S/C11H6N2O3/c1-2-8(7-12)5-9-3-4-10(13(15)16)11(14)6-9/h1,3-6,14H/b8-5-. The van der Waals surface area contributed by atoms with Gasteiger partial charge in [-0.05, 0) is 23.8 Å². The number of rotatable bonds is 2. The summed E-state index contributed by atoms with van der Waals surface area (Å²) < 4.78 is 0. The summed E-state index contributed by atoms with van der Waals surface area (Å²) in [6.45, 7) is 0. The fraction of sp³-hybridized carbons (Fsp3) is 0. The zero-order chi connectivity index (χ0) is 12.1. The first-order valence-electron chi connectivity index (χ1n) is 4.14. The first-order valence-corrected chi connectivity index (χ1v) is 4.14. The van der Waals surface area contributed by atoms with Gasteiger partial charge in [-0.15, -0.1) is 6.42 Å². The average Bonchev–Trinajstić information content (AvgIpc) is 2.25. The Morgan fingerprint density at radius 1 is 1.62 bits per heavy atom. The van der Waals surface area contributed by atoms with Crippen molar-refractivity contribution >= 4 is 11.8 Å². The second kappa shape index (κ2) is 4.63. The molecule has 0 spiro atoms. The summed E-state index contributed by atoms with van der Waals surface area (Å²) in [6.07, 6.45) is 6.39. The third-order valence-electron chi connectivity index (χ3n) is 1.78. The van der Waals surface area contributed by atoms with Crippen molar-refractivity contribution < 1.29 is 10.0 Å². The van der Waals surface area contributed by atoms with Gasteiger partial charge in [0.2, 0.25) is 0 Å². The van der Waals surface area contributed by atoms with Gasteiger partial charge < -0.3 is 5.11 Å². The number of terminal acetylenes is 1. The number of hydrogen-bond donors (Lipinski definition) is 1. The lowest BCUT2D eigenvalue weighted by Gasteiger charge is -1.97. The number of nitro groups is 1. The van der Waals surface area contributed by atoms with Gasteiger partial charge in [-0.2, -0.15) is 5.26 Å². The molecule has 0 radical (unpaired) electrons. The molecule has 16 heavy (non-hydrogen) atoms. The third-order valence-corrected chi connectivity index (χ3v) is 1.78. The maximum Gasteiger partial charge on any atom is 0.310 e.